The smallest absolute Gasteiger partial charge is 0.255 e. The fourth-order valence-corrected chi connectivity index (χ4v) is 5.02. The summed E-state index contributed by atoms with van der Waals surface area (Å²) in [5.41, 5.74) is 3.49. The second-order valence-corrected chi connectivity index (χ2v) is 9.15. The molecule has 1 aromatic heterocycles. The van der Waals surface area contributed by atoms with Gasteiger partial charge in [0.15, 0.2) is 0 Å². The number of para-hydroxylation sites is 3. The van der Waals surface area contributed by atoms with E-state index in [1.165, 1.54) is 28.6 Å². The molecular formula is C24H24N4O3S. The van der Waals surface area contributed by atoms with Crippen LogP contribution >= 0.6 is 0 Å². The van der Waals surface area contributed by atoms with Gasteiger partial charge in [-0.2, -0.15) is 4.31 Å². The topological polar surface area (TPSA) is 95.2 Å². The van der Waals surface area contributed by atoms with E-state index < -0.39 is 10.0 Å². The Kier molecular flexibility index (Phi) is 6.07. The van der Waals surface area contributed by atoms with Crippen LogP contribution in [0.3, 0.4) is 0 Å². The van der Waals surface area contributed by atoms with Crippen LogP contribution in [0.5, 0.6) is 0 Å². The molecule has 0 atom stereocenters. The van der Waals surface area contributed by atoms with E-state index >= 15 is 0 Å². The number of carbonyl (C=O) groups excluding carboxylic acids is 1. The van der Waals surface area contributed by atoms with Gasteiger partial charge in [-0.05, 0) is 48.5 Å². The highest BCUT2D eigenvalue weighted by Gasteiger charge is 2.22. The second-order valence-electron chi connectivity index (χ2n) is 7.22. The van der Waals surface area contributed by atoms with Crippen molar-refractivity contribution in [1.82, 2.24) is 14.3 Å². The lowest BCUT2D eigenvalue weighted by atomic mass is 10.1. The first kappa shape index (κ1) is 21.7. The summed E-state index contributed by atoms with van der Waals surface area (Å²) in [6, 6.07) is 21.1. The normalized spacial score (nSPS) is 11.7. The third-order valence-corrected chi connectivity index (χ3v) is 7.34. The number of benzene rings is 3. The highest BCUT2D eigenvalue weighted by atomic mass is 32.2. The van der Waals surface area contributed by atoms with E-state index in [1.54, 1.807) is 19.9 Å². The average Bonchev–Trinajstić information content (AvgIpc) is 3.24. The maximum absolute atomic E-state index is 12.9. The van der Waals surface area contributed by atoms with E-state index in [1.807, 2.05) is 42.5 Å². The fraction of sp³-hybridized carbons (Fsp3) is 0.167. The van der Waals surface area contributed by atoms with Crippen molar-refractivity contribution in [3.05, 3.63) is 78.4 Å². The Bertz CT molecular complexity index is 1320. The monoisotopic (exact) mass is 448 g/mol. The molecular weight excluding hydrogens is 424 g/mol. The van der Waals surface area contributed by atoms with E-state index in [0.717, 1.165) is 16.6 Å². The molecule has 7 nitrogen and oxygen atoms in total. The molecule has 0 aliphatic heterocycles. The molecule has 0 saturated heterocycles. The van der Waals surface area contributed by atoms with E-state index in [9.17, 15) is 13.2 Å². The molecule has 8 heteroatoms. The minimum absolute atomic E-state index is 0.167. The zero-order valence-corrected chi connectivity index (χ0v) is 18.7. The SMILES string of the molecule is CCN(CC)S(=O)(=O)c1ccc(C(=O)Nc2ccccc2-c2nc3ccccc3[nH]2)cc1. The molecule has 0 saturated carbocycles. The number of anilines is 1. The minimum atomic E-state index is -3.57. The molecule has 2 N–H and O–H groups in total. The van der Waals surface area contributed by atoms with Crippen molar-refractivity contribution in [2.75, 3.05) is 18.4 Å². The highest BCUT2D eigenvalue weighted by molar-refractivity contribution is 7.89. The lowest BCUT2D eigenvalue weighted by molar-refractivity contribution is 0.102. The summed E-state index contributed by atoms with van der Waals surface area (Å²) in [5.74, 6) is 0.322. The van der Waals surface area contributed by atoms with Crippen molar-refractivity contribution < 1.29 is 13.2 Å². The molecule has 0 unspecified atom stereocenters. The minimum Gasteiger partial charge on any atom is -0.338 e. The molecule has 4 rings (SSSR count). The Morgan fingerprint density at radius 1 is 0.938 bits per heavy atom. The maximum atomic E-state index is 12.9. The second kappa shape index (κ2) is 8.94. The number of hydrogen-bond acceptors (Lipinski definition) is 4. The molecule has 1 heterocycles. The third kappa shape index (κ3) is 4.15. The molecule has 0 aliphatic carbocycles. The number of nitrogens with one attached hydrogen (secondary N) is 2. The number of fused-ring (bicyclic) bond motifs is 1. The highest BCUT2D eigenvalue weighted by Crippen LogP contribution is 2.28. The van der Waals surface area contributed by atoms with Gasteiger partial charge in [0.1, 0.15) is 5.82 Å². The van der Waals surface area contributed by atoms with Crippen LogP contribution in [0.4, 0.5) is 5.69 Å². The molecule has 0 spiro atoms. The van der Waals surface area contributed by atoms with Crippen molar-refractivity contribution in [3.63, 3.8) is 0 Å². The first-order valence-electron chi connectivity index (χ1n) is 10.4. The van der Waals surface area contributed by atoms with Crippen LogP contribution in [0.15, 0.2) is 77.7 Å². The van der Waals surface area contributed by atoms with Crippen molar-refractivity contribution in [1.29, 1.82) is 0 Å². The first-order chi connectivity index (χ1) is 15.4. The Morgan fingerprint density at radius 3 is 2.28 bits per heavy atom. The Morgan fingerprint density at radius 2 is 1.59 bits per heavy atom. The molecule has 0 fully saturated rings. The Balaban J connectivity index is 1.59. The number of rotatable bonds is 7. The number of carbonyl (C=O) groups is 1. The van der Waals surface area contributed by atoms with Gasteiger partial charge in [-0.1, -0.05) is 38.1 Å². The van der Waals surface area contributed by atoms with Gasteiger partial charge < -0.3 is 10.3 Å². The predicted molar refractivity (Wildman–Crippen MR) is 126 cm³/mol. The van der Waals surface area contributed by atoms with E-state index in [0.29, 0.717) is 30.2 Å². The standard InChI is InChI=1S/C24H24N4O3S/c1-3-28(4-2)32(30,31)18-15-13-17(14-16-18)24(29)27-20-10-6-5-9-19(20)23-25-21-11-7-8-12-22(21)26-23/h5-16H,3-4H2,1-2H3,(H,25,26)(H,27,29). The van der Waals surface area contributed by atoms with Crippen LogP contribution in [0.2, 0.25) is 0 Å². The number of aromatic amines is 1. The van der Waals surface area contributed by atoms with Crippen molar-refractivity contribution in [2.24, 2.45) is 0 Å². The third-order valence-electron chi connectivity index (χ3n) is 5.28. The number of H-pyrrole nitrogens is 1. The summed E-state index contributed by atoms with van der Waals surface area (Å²) in [6.07, 6.45) is 0. The molecule has 0 aliphatic rings. The van der Waals surface area contributed by atoms with Gasteiger partial charge >= 0.3 is 0 Å². The van der Waals surface area contributed by atoms with Gasteiger partial charge in [0.2, 0.25) is 10.0 Å². The van der Waals surface area contributed by atoms with Gasteiger partial charge in [-0.3, -0.25) is 4.79 Å². The Hall–Kier alpha value is -3.49. The van der Waals surface area contributed by atoms with Crippen LogP contribution in [-0.2, 0) is 10.0 Å². The maximum Gasteiger partial charge on any atom is 0.255 e. The lowest BCUT2D eigenvalue weighted by Gasteiger charge is -2.18. The zero-order valence-electron chi connectivity index (χ0n) is 17.9. The van der Waals surface area contributed by atoms with Crippen molar-refractivity contribution >= 4 is 32.7 Å². The molecule has 3 aromatic carbocycles. The number of aromatic nitrogens is 2. The number of imidazole rings is 1. The average molecular weight is 449 g/mol. The van der Waals surface area contributed by atoms with Gasteiger partial charge in [-0.15, -0.1) is 0 Å². The largest absolute Gasteiger partial charge is 0.338 e. The molecule has 4 aromatic rings. The molecule has 164 valence electrons. The zero-order chi connectivity index (χ0) is 22.7. The molecule has 1 amide bonds. The number of sulfonamides is 1. The van der Waals surface area contributed by atoms with E-state index in [4.69, 9.17) is 0 Å². The fourth-order valence-electron chi connectivity index (χ4n) is 3.56. The summed E-state index contributed by atoms with van der Waals surface area (Å²) < 4.78 is 26.7. The predicted octanol–water partition coefficient (Wildman–Crippen LogP) is 4.51. The van der Waals surface area contributed by atoms with Crippen LogP contribution in [-0.4, -0.2) is 41.7 Å². The van der Waals surface area contributed by atoms with Gasteiger partial charge in [0.05, 0.1) is 21.6 Å². The van der Waals surface area contributed by atoms with Crippen LogP contribution in [0, 0.1) is 0 Å². The van der Waals surface area contributed by atoms with Gasteiger partial charge in [0.25, 0.3) is 5.91 Å². The van der Waals surface area contributed by atoms with Crippen molar-refractivity contribution in [3.8, 4) is 11.4 Å². The summed E-state index contributed by atoms with van der Waals surface area (Å²) >= 11 is 0. The van der Waals surface area contributed by atoms with Gasteiger partial charge in [-0.25, -0.2) is 13.4 Å². The summed E-state index contributed by atoms with van der Waals surface area (Å²) in [7, 11) is -3.57. The number of hydrogen-bond donors (Lipinski definition) is 2. The quantitative estimate of drug-likeness (QED) is 0.435. The van der Waals surface area contributed by atoms with Crippen molar-refractivity contribution in [2.45, 2.75) is 18.7 Å². The van der Waals surface area contributed by atoms with E-state index in [-0.39, 0.29) is 10.8 Å². The van der Waals surface area contributed by atoms with Crippen LogP contribution in [0.25, 0.3) is 22.4 Å². The summed E-state index contributed by atoms with van der Waals surface area (Å²) in [6.45, 7) is 4.37. The lowest BCUT2D eigenvalue weighted by Crippen LogP contribution is -2.30. The molecule has 32 heavy (non-hydrogen) atoms. The van der Waals surface area contributed by atoms with Gasteiger partial charge in [0, 0.05) is 24.2 Å². The number of amides is 1. The summed E-state index contributed by atoms with van der Waals surface area (Å²) in [5, 5.41) is 2.91. The Labute approximate surface area is 187 Å². The van der Waals surface area contributed by atoms with Crippen LogP contribution < -0.4 is 5.32 Å². The summed E-state index contributed by atoms with van der Waals surface area (Å²) in [4.78, 5) is 20.9. The number of nitrogens with zero attached hydrogens (tertiary/aromatic N) is 2. The first-order valence-corrected chi connectivity index (χ1v) is 11.8. The molecule has 0 radical (unpaired) electrons. The molecule has 0 bridgehead atoms. The van der Waals surface area contributed by atoms with E-state index in [2.05, 4.69) is 15.3 Å². The van der Waals surface area contributed by atoms with Crippen LogP contribution in [0.1, 0.15) is 24.2 Å².